The molecule has 2 aliphatic heterocycles. The predicted molar refractivity (Wildman–Crippen MR) is 161 cm³/mol. The van der Waals surface area contributed by atoms with Crippen LogP contribution in [-0.4, -0.2) is 36.2 Å². The number of amides is 2. The third kappa shape index (κ3) is 7.24. The van der Waals surface area contributed by atoms with Gasteiger partial charge in [0.15, 0.2) is 5.17 Å². The number of hydrogen-bond donors (Lipinski definition) is 2. The minimum absolute atomic E-state index is 0.0802. The molecule has 3 aromatic carbocycles. The van der Waals surface area contributed by atoms with Crippen LogP contribution in [0.4, 0.5) is 5.69 Å². The molecule has 212 valence electrons. The number of carbonyl (C=O) groups excluding carboxylic acids is 2. The Bertz CT molecular complexity index is 1620. The summed E-state index contributed by atoms with van der Waals surface area (Å²) >= 11 is 1.24. The highest BCUT2D eigenvalue weighted by molar-refractivity contribution is 8.18. The normalized spacial score (nSPS) is 17.9. The summed E-state index contributed by atoms with van der Waals surface area (Å²) in [6.07, 6.45) is 1.79. The first-order valence-corrected chi connectivity index (χ1v) is 15.2. The number of carbonyl (C=O) groups is 2. The zero-order chi connectivity index (χ0) is 29.2. The molecule has 0 saturated carbocycles. The van der Waals surface area contributed by atoms with Crippen LogP contribution in [0.25, 0.3) is 6.08 Å². The predicted octanol–water partition coefficient (Wildman–Crippen LogP) is 4.82. The number of thioether (sulfide) groups is 1. The number of nitrogens with one attached hydrogen (secondary N) is 2. The summed E-state index contributed by atoms with van der Waals surface area (Å²) in [5, 5.41) is 3.56. The number of ether oxygens (including phenoxy) is 1. The fourth-order valence-corrected chi connectivity index (χ4v) is 6.11. The van der Waals surface area contributed by atoms with E-state index >= 15 is 0 Å². The second-order valence-electron chi connectivity index (χ2n) is 10.8. The largest absolute Gasteiger partial charge is 0.489 e. The Morgan fingerprint density at radius 2 is 1.63 bits per heavy atom. The van der Waals surface area contributed by atoms with E-state index in [1.807, 2.05) is 29.0 Å². The SMILES string of the molecule is CC(C)(C)c1ccc(COc2ccc(/C=C3\SC(Nc4ccc(CN5CC(=O)NS5(=O)=O)cc4)=NC3=O)cc2)cc1. The number of nitrogens with zero attached hydrogens (tertiary/aromatic N) is 2. The molecule has 2 aliphatic rings. The van der Waals surface area contributed by atoms with Crippen molar-refractivity contribution in [3.63, 3.8) is 0 Å². The highest BCUT2D eigenvalue weighted by Gasteiger charge is 2.33. The van der Waals surface area contributed by atoms with E-state index in [0.717, 1.165) is 26.7 Å². The Morgan fingerprint density at radius 3 is 2.24 bits per heavy atom. The van der Waals surface area contributed by atoms with Crippen LogP contribution in [0.15, 0.2) is 82.7 Å². The topological polar surface area (TPSA) is 117 Å². The van der Waals surface area contributed by atoms with Gasteiger partial charge in [-0.15, -0.1) is 0 Å². The minimum Gasteiger partial charge on any atom is -0.489 e. The van der Waals surface area contributed by atoms with Crippen LogP contribution in [-0.2, 0) is 38.4 Å². The monoisotopic (exact) mass is 590 g/mol. The van der Waals surface area contributed by atoms with Gasteiger partial charge >= 0.3 is 10.2 Å². The van der Waals surface area contributed by atoms with E-state index in [9.17, 15) is 18.0 Å². The van der Waals surface area contributed by atoms with Gasteiger partial charge in [-0.3, -0.25) is 9.59 Å². The average Bonchev–Trinajstić information content (AvgIpc) is 3.39. The Kier molecular flexibility index (Phi) is 8.03. The van der Waals surface area contributed by atoms with Crippen LogP contribution >= 0.6 is 11.8 Å². The summed E-state index contributed by atoms with van der Waals surface area (Å²) in [5.41, 5.74) is 4.76. The second kappa shape index (κ2) is 11.5. The lowest BCUT2D eigenvalue weighted by atomic mass is 9.87. The first-order chi connectivity index (χ1) is 19.4. The summed E-state index contributed by atoms with van der Waals surface area (Å²) in [7, 11) is -3.78. The van der Waals surface area contributed by atoms with E-state index in [1.54, 1.807) is 30.3 Å². The van der Waals surface area contributed by atoms with Crippen molar-refractivity contribution < 1.29 is 22.7 Å². The number of rotatable bonds is 7. The van der Waals surface area contributed by atoms with Crippen LogP contribution in [0, 0.1) is 0 Å². The zero-order valence-corrected chi connectivity index (χ0v) is 24.5. The molecule has 1 saturated heterocycles. The van der Waals surface area contributed by atoms with E-state index in [4.69, 9.17) is 4.74 Å². The minimum atomic E-state index is -3.78. The van der Waals surface area contributed by atoms with Gasteiger partial charge in [0.25, 0.3) is 5.91 Å². The van der Waals surface area contributed by atoms with Gasteiger partial charge in [0.1, 0.15) is 12.4 Å². The van der Waals surface area contributed by atoms with Crippen LogP contribution in [0.5, 0.6) is 5.75 Å². The van der Waals surface area contributed by atoms with Gasteiger partial charge in [0, 0.05) is 12.2 Å². The molecule has 0 spiro atoms. The van der Waals surface area contributed by atoms with Crippen LogP contribution in [0.3, 0.4) is 0 Å². The Morgan fingerprint density at radius 1 is 0.976 bits per heavy atom. The van der Waals surface area contributed by atoms with Gasteiger partial charge in [0.2, 0.25) is 5.91 Å². The molecular formula is C30H30N4O5S2. The molecule has 3 aromatic rings. The Hall–Kier alpha value is -3.93. The third-order valence-corrected chi connectivity index (χ3v) is 8.81. The van der Waals surface area contributed by atoms with Gasteiger partial charge in [-0.05, 0) is 69.8 Å². The van der Waals surface area contributed by atoms with Gasteiger partial charge in [0.05, 0.1) is 11.4 Å². The van der Waals surface area contributed by atoms with E-state index in [-0.39, 0.29) is 24.4 Å². The van der Waals surface area contributed by atoms with Crippen molar-refractivity contribution in [3.8, 4) is 5.75 Å². The number of hydrogen-bond acceptors (Lipinski definition) is 7. The average molecular weight is 591 g/mol. The molecular weight excluding hydrogens is 560 g/mol. The van der Waals surface area contributed by atoms with Crippen molar-refractivity contribution in [1.29, 1.82) is 0 Å². The molecule has 0 atom stereocenters. The first-order valence-electron chi connectivity index (χ1n) is 13.0. The van der Waals surface area contributed by atoms with E-state index in [1.165, 1.54) is 17.3 Å². The molecule has 9 nitrogen and oxygen atoms in total. The highest BCUT2D eigenvalue weighted by atomic mass is 32.2. The van der Waals surface area contributed by atoms with Crippen LogP contribution in [0.2, 0.25) is 0 Å². The molecule has 0 radical (unpaired) electrons. The maximum absolute atomic E-state index is 12.5. The van der Waals surface area contributed by atoms with Crippen molar-refractivity contribution >= 4 is 50.7 Å². The van der Waals surface area contributed by atoms with Crippen LogP contribution in [0.1, 0.15) is 43.0 Å². The fraction of sp³-hybridized carbons (Fsp3) is 0.233. The summed E-state index contributed by atoms with van der Waals surface area (Å²) < 4.78 is 32.8. The summed E-state index contributed by atoms with van der Waals surface area (Å²) in [6.45, 7) is 6.92. The van der Waals surface area contributed by atoms with E-state index in [2.05, 4.69) is 55.3 Å². The molecule has 2 heterocycles. The maximum atomic E-state index is 12.5. The Labute approximate surface area is 243 Å². The number of anilines is 1. The lowest BCUT2D eigenvalue weighted by Gasteiger charge is -2.19. The fourth-order valence-electron chi connectivity index (χ4n) is 4.19. The summed E-state index contributed by atoms with van der Waals surface area (Å²) in [4.78, 5) is 28.5. The summed E-state index contributed by atoms with van der Waals surface area (Å²) in [5.74, 6) is -0.135. The van der Waals surface area contributed by atoms with E-state index in [0.29, 0.717) is 22.4 Å². The third-order valence-electron chi connectivity index (χ3n) is 6.49. The summed E-state index contributed by atoms with van der Waals surface area (Å²) in [6, 6.07) is 23.0. The molecule has 1 fully saturated rings. The van der Waals surface area contributed by atoms with Gasteiger partial charge in [-0.1, -0.05) is 69.3 Å². The zero-order valence-electron chi connectivity index (χ0n) is 22.9. The van der Waals surface area contributed by atoms with Crippen LogP contribution < -0.4 is 14.8 Å². The molecule has 0 aliphatic carbocycles. The molecule has 2 amide bonds. The number of aliphatic imine (C=N–C) groups is 1. The molecule has 5 rings (SSSR count). The molecule has 11 heteroatoms. The molecule has 41 heavy (non-hydrogen) atoms. The van der Waals surface area contributed by atoms with Crippen molar-refractivity contribution in [2.75, 3.05) is 11.9 Å². The molecule has 0 aromatic heterocycles. The van der Waals surface area contributed by atoms with Crippen molar-refractivity contribution in [3.05, 3.63) is 100.0 Å². The van der Waals surface area contributed by atoms with Crippen molar-refractivity contribution in [1.82, 2.24) is 9.03 Å². The maximum Gasteiger partial charge on any atom is 0.304 e. The smallest absolute Gasteiger partial charge is 0.304 e. The highest BCUT2D eigenvalue weighted by Crippen LogP contribution is 2.30. The van der Waals surface area contributed by atoms with Gasteiger partial charge < -0.3 is 10.1 Å². The lowest BCUT2D eigenvalue weighted by Crippen LogP contribution is -2.29. The number of benzene rings is 3. The van der Waals surface area contributed by atoms with Crippen molar-refractivity contribution in [2.45, 2.75) is 39.3 Å². The Balaban J connectivity index is 1.13. The quantitative estimate of drug-likeness (QED) is 0.379. The first kappa shape index (κ1) is 28.6. The lowest BCUT2D eigenvalue weighted by molar-refractivity contribution is -0.118. The van der Waals surface area contributed by atoms with Gasteiger partial charge in [-0.2, -0.15) is 17.7 Å². The molecule has 2 N–H and O–H groups in total. The van der Waals surface area contributed by atoms with Gasteiger partial charge in [-0.25, -0.2) is 4.72 Å². The number of amidine groups is 1. The van der Waals surface area contributed by atoms with Crippen molar-refractivity contribution in [2.24, 2.45) is 4.99 Å². The molecule has 0 bridgehead atoms. The second-order valence-corrected chi connectivity index (χ2v) is 13.5. The molecule has 0 unspecified atom stereocenters. The standard InChI is InChI=1S/C30H30N4O5S2/c1-30(2,3)23-10-4-22(5-11-23)19-39-25-14-8-20(9-15-25)16-26-28(36)32-29(40-26)31-24-12-6-21(7-13-24)17-34-18-27(35)33-41(34,37)38/h4-16H,17-19H2,1-3H3,(H,33,35)(H,31,32,36)/b26-16-. The van der Waals surface area contributed by atoms with E-state index < -0.39 is 16.1 Å².